The number of hydrogen-bond acceptors (Lipinski definition) is 5. The molecular formula is C13H22N2O2S. The number of aliphatic hydroxyl groups is 1. The van der Waals surface area contributed by atoms with Crippen LogP contribution in [-0.2, 0) is 11.2 Å². The lowest BCUT2D eigenvalue weighted by Crippen LogP contribution is -2.46. The van der Waals surface area contributed by atoms with Crippen LogP contribution in [0.3, 0.4) is 0 Å². The third kappa shape index (κ3) is 3.75. The van der Waals surface area contributed by atoms with Crippen molar-refractivity contribution in [1.82, 2.24) is 10.3 Å². The molecule has 1 aromatic heterocycles. The van der Waals surface area contributed by atoms with Crippen molar-refractivity contribution in [1.29, 1.82) is 0 Å². The Morgan fingerprint density at radius 1 is 1.56 bits per heavy atom. The molecule has 102 valence electrons. The van der Waals surface area contributed by atoms with Crippen molar-refractivity contribution in [3.8, 4) is 0 Å². The highest BCUT2D eigenvalue weighted by atomic mass is 32.1. The molecular weight excluding hydrogens is 248 g/mol. The number of aryl methyl sites for hydroxylation is 2. The Labute approximate surface area is 112 Å². The average molecular weight is 270 g/mol. The van der Waals surface area contributed by atoms with E-state index in [4.69, 9.17) is 4.74 Å². The standard InChI is InChI=1S/C13H22N2O2S/c1-9-10(2)18-12(15-9)7-13(3,16)6-11-8-17-5-4-14-11/h11,14,16H,4-8H2,1-3H3. The van der Waals surface area contributed by atoms with Crippen molar-refractivity contribution in [2.45, 2.75) is 45.3 Å². The SMILES string of the molecule is Cc1nc(CC(C)(O)CC2COCCN2)sc1C. The molecule has 0 spiro atoms. The lowest BCUT2D eigenvalue weighted by Gasteiger charge is -2.31. The van der Waals surface area contributed by atoms with Gasteiger partial charge in [-0.1, -0.05) is 0 Å². The summed E-state index contributed by atoms with van der Waals surface area (Å²) in [4.78, 5) is 5.73. The number of nitrogens with zero attached hydrogens (tertiary/aromatic N) is 1. The number of morpholine rings is 1. The smallest absolute Gasteiger partial charge is 0.0959 e. The highest BCUT2D eigenvalue weighted by Crippen LogP contribution is 2.24. The maximum absolute atomic E-state index is 10.5. The molecule has 0 amide bonds. The van der Waals surface area contributed by atoms with Crippen LogP contribution in [0.4, 0.5) is 0 Å². The van der Waals surface area contributed by atoms with Crippen molar-refractivity contribution in [2.24, 2.45) is 0 Å². The minimum absolute atomic E-state index is 0.246. The van der Waals surface area contributed by atoms with Crippen LogP contribution >= 0.6 is 11.3 Å². The van der Waals surface area contributed by atoms with E-state index in [0.29, 0.717) is 19.4 Å². The van der Waals surface area contributed by atoms with E-state index in [9.17, 15) is 5.11 Å². The zero-order valence-corrected chi connectivity index (χ0v) is 12.1. The largest absolute Gasteiger partial charge is 0.390 e. The maximum atomic E-state index is 10.5. The Morgan fingerprint density at radius 2 is 2.33 bits per heavy atom. The van der Waals surface area contributed by atoms with E-state index in [1.165, 1.54) is 4.88 Å². The van der Waals surface area contributed by atoms with Crippen LogP contribution in [-0.4, -0.2) is 41.5 Å². The van der Waals surface area contributed by atoms with Gasteiger partial charge in [-0.05, 0) is 27.2 Å². The monoisotopic (exact) mass is 270 g/mol. The number of thiazole rings is 1. The van der Waals surface area contributed by atoms with E-state index < -0.39 is 5.60 Å². The van der Waals surface area contributed by atoms with Gasteiger partial charge in [0.05, 0.1) is 29.5 Å². The minimum atomic E-state index is -0.727. The Balaban J connectivity index is 1.93. The Hall–Kier alpha value is -0.490. The maximum Gasteiger partial charge on any atom is 0.0959 e. The molecule has 2 unspecified atom stereocenters. The average Bonchev–Trinajstić information content (AvgIpc) is 2.57. The number of hydrogen-bond donors (Lipinski definition) is 2. The van der Waals surface area contributed by atoms with E-state index in [0.717, 1.165) is 23.9 Å². The molecule has 2 heterocycles. The minimum Gasteiger partial charge on any atom is -0.390 e. The van der Waals surface area contributed by atoms with Gasteiger partial charge in [0, 0.05) is 23.9 Å². The number of nitrogens with one attached hydrogen (secondary N) is 1. The van der Waals surface area contributed by atoms with Crippen LogP contribution in [0.2, 0.25) is 0 Å². The number of ether oxygens (including phenoxy) is 1. The van der Waals surface area contributed by atoms with Gasteiger partial charge in [-0.15, -0.1) is 11.3 Å². The van der Waals surface area contributed by atoms with Gasteiger partial charge in [-0.3, -0.25) is 0 Å². The second-order valence-electron chi connectivity index (χ2n) is 5.35. The lowest BCUT2D eigenvalue weighted by molar-refractivity contribution is 0.00648. The van der Waals surface area contributed by atoms with Gasteiger partial charge in [-0.25, -0.2) is 4.98 Å². The molecule has 18 heavy (non-hydrogen) atoms. The van der Waals surface area contributed by atoms with Crippen LogP contribution in [0.15, 0.2) is 0 Å². The third-order valence-corrected chi connectivity index (χ3v) is 4.36. The summed E-state index contributed by atoms with van der Waals surface area (Å²) in [7, 11) is 0. The molecule has 0 saturated carbocycles. The summed E-state index contributed by atoms with van der Waals surface area (Å²) in [5.74, 6) is 0. The number of rotatable bonds is 4. The first-order chi connectivity index (χ1) is 8.46. The first kappa shape index (κ1) is 13.9. The van der Waals surface area contributed by atoms with Crippen LogP contribution in [0.25, 0.3) is 0 Å². The fraction of sp³-hybridized carbons (Fsp3) is 0.769. The summed E-state index contributed by atoms with van der Waals surface area (Å²) in [5, 5.41) is 14.9. The van der Waals surface area contributed by atoms with Gasteiger partial charge < -0.3 is 15.2 Å². The summed E-state index contributed by atoms with van der Waals surface area (Å²) in [6.45, 7) is 8.30. The van der Waals surface area contributed by atoms with Crippen LogP contribution in [0.1, 0.15) is 28.9 Å². The first-order valence-corrected chi connectivity index (χ1v) is 7.24. The lowest BCUT2D eigenvalue weighted by atomic mass is 9.93. The van der Waals surface area contributed by atoms with Crippen molar-refractivity contribution in [3.63, 3.8) is 0 Å². The van der Waals surface area contributed by atoms with Crippen molar-refractivity contribution >= 4 is 11.3 Å². The summed E-state index contributed by atoms with van der Waals surface area (Å²) in [6.07, 6.45) is 1.31. The molecule has 1 fully saturated rings. The fourth-order valence-corrected chi connectivity index (χ4v) is 3.41. The van der Waals surface area contributed by atoms with Crippen molar-refractivity contribution in [2.75, 3.05) is 19.8 Å². The van der Waals surface area contributed by atoms with Crippen LogP contribution in [0, 0.1) is 13.8 Å². The van der Waals surface area contributed by atoms with E-state index in [1.807, 2.05) is 13.8 Å². The predicted molar refractivity (Wildman–Crippen MR) is 73.1 cm³/mol. The van der Waals surface area contributed by atoms with Gasteiger partial charge in [0.1, 0.15) is 0 Å². The third-order valence-electron chi connectivity index (χ3n) is 3.29. The van der Waals surface area contributed by atoms with Crippen molar-refractivity contribution < 1.29 is 9.84 Å². The molecule has 4 nitrogen and oxygen atoms in total. The van der Waals surface area contributed by atoms with Crippen molar-refractivity contribution in [3.05, 3.63) is 15.6 Å². The molecule has 0 bridgehead atoms. The Morgan fingerprint density at radius 3 is 2.89 bits per heavy atom. The summed E-state index contributed by atoms with van der Waals surface area (Å²) in [5.41, 5.74) is 0.347. The van der Waals surface area contributed by atoms with Gasteiger partial charge in [0.2, 0.25) is 0 Å². The first-order valence-electron chi connectivity index (χ1n) is 6.43. The number of aromatic nitrogens is 1. The zero-order chi connectivity index (χ0) is 13.2. The molecule has 2 atom stereocenters. The molecule has 2 N–H and O–H groups in total. The van der Waals surface area contributed by atoms with Gasteiger partial charge >= 0.3 is 0 Å². The quantitative estimate of drug-likeness (QED) is 0.869. The predicted octanol–water partition coefficient (Wildman–Crippen LogP) is 1.43. The summed E-state index contributed by atoms with van der Waals surface area (Å²) >= 11 is 1.68. The summed E-state index contributed by atoms with van der Waals surface area (Å²) < 4.78 is 5.41. The second-order valence-corrected chi connectivity index (χ2v) is 6.64. The molecule has 5 heteroatoms. The Kier molecular flexibility index (Phi) is 4.37. The molecule has 0 aliphatic carbocycles. The normalized spacial score (nSPS) is 23.9. The summed E-state index contributed by atoms with van der Waals surface area (Å²) in [6, 6.07) is 0.246. The van der Waals surface area contributed by atoms with E-state index >= 15 is 0 Å². The van der Waals surface area contributed by atoms with E-state index in [1.54, 1.807) is 11.3 Å². The molecule has 1 aliphatic heterocycles. The molecule has 0 aromatic carbocycles. The fourth-order valence-electron chi connectivity index (χ4n) is 2.29. The Bertz CT molecular complexity index is 378. The van der Waals surface area contributed by atoms with Gasteiger partial charge in [-0.2, -0.15) is 0 Å². The van der Waals surface area contributed by atoms with E-state index in [-0.39, 0.29) is 6.04 Å². The van der Waals surface area contributed by atoms with Crippen LogP contribution < -0.4 is 5.32 Å². The topological polar surface area (TPSA) is 54.4 Å². The van der Waals surface area contributed by atoms with Gasteiger partial charge in [0.15, 0.2) is 0 Å². The van der Waals surface area contributed by atoms with E-state index in [2.05, 4.69) is 17.2 Å². The molecule has 1 saturated heterocycles. The highest BCUT2D eigenvalue weighted by Gasteiger charge is 2.28. The van der Waals surface area contributed by atoms with Crippen LogP contribution in [0.5, 0.6) is 0 Å². The highest BCUT2D eigenvalue weighted by molar-refractivity contribution is 7.11. The molecule has 1 aromatic rings. The van der Waals surface area contributed by atoms with Gasteiger partial charge in [0.25, 0.3) is 0 Å². The molecule has 0 radical (unpaired) electrons. The molecule has 2 rings (SSSR count). The zero-order valence-electron chi connectivity index (χ0n) is 11.3. The second kappa shape index (κ2) is 5.65. The molecule has 1 aliphatic rings.